The quantitative estimate of drug-likeness (QED) is 0.264. The number of benzene rings is 6. The number of rotatable bonds is 2. The van der Waals surface area contributed by atoms with Gasteiger partial charge in [-0.25, -0.2) is 0 Å². The first-order chi connectivity index (χ1) is 14.9. The number of hydrogen-bond acceptors (Lipinski definition) is 0. The highest BCUT2D eigenvalue weighted by molar-refractivity contribution is 6.23. The average molecular weight is 380 g/mol. The van der Waals surface area contributed by atoms with Crippen LogP contribution < -0.4 is 0 Å². The topological polar surface area (TPSA) is 0 Å². The van der Waals surface area contributed by atoms with Gasteiger partial charge >= 0.3 is 0 Å². The normalized spacial score (nSPS) is 11.3. The Labute approximate surface area is 176 Å². The minimum absolute atomic E-state index is 1.26. The predicted octanol–water partition coefficient (Wildman–Crippen LogP) is 8.48. The van der Waals surface area contributed by atoms with Crippen molar-refractivity contribution in [3.05, 3.63) is 121 Å². The molecular formula is C30H20. The molecule has 140 valence electrons. The molecule has 0 atom stereocenters. The van der Waals surface area contributed by atoms with Gasteiger partial charge in [-0.2, -0.15) is 0 Å². The Balaban J connectivity index is 1.73. The van der Waals surface area contributed by atoms with Crippen LogP contribution >= 0.6 is 0 Å². The Morgan fingerprint density at radius 1 is 0.300 bits per heavy atom. The van der Waals surface area contributed by atoms with E-state index in [1.165, 1.54) is 54.6 Å². The van der Waals surface area contributed by atoms with Crippen molar-refractivity contribution in [3.8, 4) is 22.3 Å². The van der Waals surface area contributed by atoms with Crippen LogP contribution in [0.1, 0.15) is 0 Å². The summed E-state index contributed by atoms with van der Waals surface area (Å²) in [6.45, 7) is 0. The van der Waals surface area contributed by atoms with Gasteiger partial charge in [-0.1, -0.05) is 121 Å². The van der Waals surface area contributed by atoms with E-state index in [-0.39, 0.29) is 0 Å². The van der Waals surface area contributed by atoms with E-state index in [1.807, 2.05) is 0 Å². The SMILES string of the molecule is c1ccc(-c2cccc3c2ccc2ccc4c(-c5ccccc5)cccc4c23)cc1. The van der Waals surface area contributed by atoms with Crippen LogP contribution in [-0.4, -0.2) is 0 Å². The van der Waals surface area contributed by atoms with Gasteiger partial charge in [-0.15, -0.1) is 0 Å². The van der Waals surface area contributed by atoms with Crippen molar-refractivity contribution in [3.63, 3.8) is 0 Å². The van der Waals surface area contributed by atoms with E-state index >= 15 is 0 Å². The molecule has 0 aromatic heterocycles. The molecule has 0 amide bonds. The summed E-state index contributed by atoms with van der Waals surface area (Å²) in [6, 6.07) is 43.7. The summed E-state index contributed by atoms with van der Waals surface area (Å²) < 4.78 is 0. The summed E-state index contributed by atoms with van der Waals surface area (Å²) in [5.41, 5.74) is 5.08. The smallest absolute Gasteiger partial charge is 0.00264 e. The summed E-state index contributed by atoms with van der Waals surface area (Å²) in [5, 5.41) is 7.84. The van der Waals surface area contributed by atoms with Gasteiger partial charge in [0.05, 0.1) is 0 Å². The van der Waals surface area contributed by atoms with Crippen LogP contribution in [0.3, 0.4) is 0 Å². The number of hydrogen-bond donors (Lipinski definition) is 0. The van der Waals surface area contributed by atoms with Gasteiger partial charge < -0.3 is 0 Å². The predicted molar refractivity (Wildman–Crippen MR) is 130 cm³/mol. The molecule has 0 nitrogen and oxygen atoms in total. The Morgan fingerprint density at radius 3 is 1.23 bits per heavy atom. The summed E-state index contributed by atoms with van der Waals surface area (Å²) in [5.74, 6) is 0. The van der Waals surface area contributed by atoms with Crippen molar-refractivity contribution in [1.29, 1.82) is 0 Å². The summed E-state index contributed by atoms with van der Waals surface area (Å²) >= 11 is 0. The number of fused-ring (bicyclic) bond motifs is 5. The van der Waals surface area contributed by atoms with Gasteiger partial charge in [-0.05, 0) is 54.6 Å². The van der Waals surface area contributed by atoms with E-state index in [1.54, 1.807) is 0 Å². The van der Waals surface area contributed by atoms with Crippen molar-refractivity contribution in [2.24, 2.45) is 0 Å². The third kappa shape index (κ3) is 2.62. The van der Waals surface area contributed by atoms with Gasteiger partial charge in [-0.3, -0.25) is 0 Å². The van der Waals surface area contributed by atoms with Crippen LogP contribution in [-0.2, 0) is 0 Å². The molecule has 0 spiro atoms. The maximum absolute atomic E-state index is 2.27. The molecule has 0 saturated heterocycles. The molecule has 0 fully saturated rings. The van der Waals surface area contributed by atoms with Crippen molar-refractivity contribution in [1.82, 2.24) is 0 Å². The summed E-state index contributed by atoms with van der Waals surface area (Å²) in [7, 11) is 0. The fraction of sp³-hybridized carbons (Fsp3) is 0. The first-order valence-electron chi connectivity index (χ1n) is 10.4. The van der Waals surface area contributed by atoms with E-state index < -0.39 is 0 Å². The molecular weight excluding hydrogens is 360 g/mol. The standard InChI is InChI=1S/C30H20/c1-3-9-21(10-4-1)24-13-7-15-28-26(24)19-17-23-18-20-27-25(22-11-5-2-6-12-22)14-8-16-29(27)30(23)28/h1-20H. The Bertz CT molecular complexity index is 1400. The zero-order valence-electron chi connectivity index (χ0n) is 16.5. The zero-order chi connectivity index (χ0) is 19.9. The fourth-order valence-corrected chi connectivity index (χ4v) is 4.69. The molecule has 0 aliphatic rings. The maximum Gasteiger partial charge on any atom is -0.00264 e. The Kier molecular flexibility index (Phi) is 3.89. The van der Waals surface area contributed by atoms with Gasteiger partial charge in [0.25, 0.3) is 0 Å². The highest BCUT2D eigenvalue weighted by atomic mass is 14.1. The first-order valence-corrected chi connectivity index (χ1v) is 10.4. The average Bonchev–Trinajstić information content (AvgIpc) is 2.84. The van der Waals surface area contributed by atoms with Crippen LogP contribution in [0.2, 0.25) is 0 Å². The molecule has 0 unspecified atom stereocenters. The Morgan fingerprint density at radius 2 is 0.767 bits per heavy atom. The monoisotopic (exact) mass is 380 g/mol. The summed E-state index contributed by atoms with van der Waals surface area (Å²) in [4.78, 5) is 0. The maximum atomic E-state index is 2.27. The minimum atomic E-state index is 1.26. The second-order valence-corrected chi connectivity index (χ2v) is 7.76. The molecule has 0 heteroatoms. The van der Waals surface area contributed by atoms with Crippen LogP contribution in [0.25, 0.3) is 54.6 Å². The summed E-state index contributed by atoms with van der Waals surface area (Å²) in [6.07, 6.45) is 0. The van der Waals surface area contributed by atoms with Crippen LogP contribution in [0.4, 0.5) is 0 Å². The lowest BCUT2D eigenvalue weighted by Gasteiger charge is -2.13. The van der Waals surface area contributed by atoms with Crippen molar-refractivity contribution < 1.29 is 0 Å². The largest absolute Gasteiger partial charge is 0.0622 e. The van der Waals surface area contributed by atoms with Gasteiger partial charge in [0.1, 0.15) is 0 Å². The van der Waals surface area contributed by atoms with E-state index in [9.17, 15) is 0 Å². The first kappa shape index (κ1) is 17.0. The zero-order valence-corrected chi connectivity index (χ0v) is 16.5. The molecule has 0 aliphatic carbocycles. The molecule has 0 heterocycles. The third-order valence-corrected chi connectivity index (χ3v) is 6.07. The molecule has 6 aromatic carbocycles. The second kappa shape index (κ2) is 6.86. The van der Waals surface area contributed by atoms with E-state index in [2.05, 4.69) is 121 Å². The second-order valence-electron chi connectivity index (χ2n) is 7.76. The van der Waals surface area contributed by atoms with Crippen molar-refractivity contribution in [2.45, 2.75) is 0 Å². The lowest BCUT2D eigenvalue weighted by molar-refractivity contribution is 1.65. The molecule has 0 saturated carbocycles. The molecule has 0 N–H and O–H groups in total. The van der Waals surface area contributed by atoms with E-state index in [0.29, 0.717) is 0 Å². The fourth-order valence-electron chi connectivity index (χ4n) is 4.69. The highest BCUT2D eigenvalue weighted by Crippen LogP contribution is 2.39. The van der Waals surface area contributed by atoms with E-state index in [0.717, 1.165) is 0 Å². The van der Waals surface area contributed by atoms with Crippen molar-refractivity contribution in [2.75, 3.05) is 0 Å². The lowest BCUT2D eigenvalue weighted by Crippen LogP contribution is -1.86. The molecule has 6 rings (SSSR count). The lowest BCUT2D eigenvalue weighted by atomic mass is 9.90. The molecule has 0 radical (unpaired) electrons. The van der Waals surface area contributed by atoms with Crippen molar-refractivity contribution >= 4 is 32.3 Å². The van der Waals surface area contributed by atoms with Gasteiger partial charge in [0.15, 0.2) is 0 Å². The van der Waals surface area contributed by atoms with Gasteiger partial charge in [0, 0.05) is 0 Å². The van der Waals surface area contributed by atoms with Gasteiger partial charge in [0.2, 0.25) is 0 Å². The molecule has 0 bridgehead atoms. The van der Waals surface area contributed by atoms with E-state index in [4.69, 9.17) is 0 Å². The highest BCUT2D eigenvalue weighted by Gasteiger charge is 2.11. The van der Waals surface area contributed by atoms with Crippen LogP contribution in [0, 0.1) is 0 Å². The Hall–Kier alpha value is -3.90. The molecule has 0 aliphatic heterocycles. The molecule has 30 heavy (non-hydrogen) atoms. The molecule has 6 aromatic rings. The third-order valence-electron chi connectivity index (χ3n) is 6.07. The van der Waals surface area contributed by atoms with Crippen LogP contribution in [0.5, 0.6) is 0 Å². The van der Waals surface area contributed by atoms with Crippen LogP contribution in [0.15, 0.2) is 121 Å². The minimum Gasteiger partial charge on any atom is -0.0622 e.